The molecule has 16 atom stereocenters. The Morgan fingerprint density at radius 3 is 0.880 bits per heavy atom. The summed E-state index contributed by atoms with van der Waals surface area (Å²) in [4.78, 5) is 153. The minimum Gasteiger partial charge on any atom is -0.453 e. The summed E-state index contributed by atoms with van der Waals surface area (Å²) in [5.41, 5.74) is 11.0. The van der Waals surface area contributed by atoms with Crippen LogP contribution in [0.4, 0.5) is 59.5 Å². The molecule has 8 saturated heterocycles. The van der Waals surface area contributed by atoms with Crippen molar-refractivity contribution >= 4 is 109 Å². The third-order valence-electron chi connectivity index (χ3n) is 32.1. The van der Waals surface area contributed by atoms with E-state index in [1.54, 1.807) is 59.7 Å². The number of carbonyl (C=O) groups excluding carboxylic acids is 8. The van der Waals surface area contributed by atoms with Crippen LogP contribution in [0, 0.1) is 23.3 Å². The number of halogens is 4. The van der Waals surface area contributed by atoms with Gasteiger partial charge >= 0.3 is 24.4 Å². The van der Waals surface area contributed by atoms with Crippen molar-refractivity contribution in [3.63, 3.8) is 0 Å². The highest BCUT2D eigenvalue weighted by molar-refractivity contribution is 6.78. The number of fused-ring (bicyclic) bond motifs is 2. The molecule has 8 amide bonds. The third-order valence-corrected chi connectivity index (χ3v) is 38.4. The molecule has 0 spiro atoms. The molecular weight excluding hydrogens is 1970 g/mol. The van der Waals surface area contributed by atoms with E-state index < -0.39 is 112 Å². The van der Waals surface area contributed by atoms with Gasteiger partial charge in [0.25, 0.3) is 0 Å². The minimum atomic E-state index is -1.41. The summed E-state index contributed by atoms with van der Waals surface area (Å²) in [5.74, 6) is -1.01. The molecule has 10 aromatic rings. The molecule has 0 aliphatic carbocycles. The van der Waals surface area contributed by atoms with Gasteiger partial charge in [-0.3, -0.25) is 19.2 Å². The number of methoxy groups -OCH3 is 8. The molecule has 36 nitrogen and oxygen atoms in total. The number of carbonyl (C=O) groups is 8. The van der Waals surface area contributed by atoms with E-state index in [2.05, 4.69) is 101 Å². The van der Waals surface area contributed by atoms with Gasteiger partial charge in [-0.05, 0) is 211 Å². The number of hydrogen-bond donors (Lipinski definition) is 8. The number of alkyl carbamates (subject to hydrolysis) is 4. The molecule has 6 aromatic carbocycles. The van der Waals surface area contributed by atoms with E-state index in [1.807, 2.05) is 70.5 Å². The number of aromatic amines is 4. The number of nitrogens with one attached hydrogen (secondary N) is 8. The zero-order chi connectivity index (χ0) is 107. The largest absolute Gasteiger partial charge is 0.453 e. The average Bonchev–Trinajstić information content (AvgIpc) is 1.62. The van der Waals surface area contributed by atoms with Gasteiger partial charge in [-0.15, -0.1) is 0 Å². The number of nitrogens with zero attached hydrogens (tertiary/aromatic N) is 12. The summed E-state index contributed by atoms with van der Waals surface area (Å²) in [6.07, 6.45) is 6.62. The lowest BCUT2D eigenvalue weighted by molar-refractivity contribution is -0.138. The Morgan fingerprint density at radius 2 is 0.607 bits per heavy atom. The third kappa shape index (κ3) is 22.9. The first-order valence-corrected chi connectivity index (χ1v) is 58.9. The first-order chi connectivity index (χ1) is 72.0. The van der Waals surface area contributed by atoms with Crippen molar-refractivity contribution in [2.45, 2.75) is 252 Å². The van der Waals surface area contributed by atoms with Gasteiger partial charge in [-0.2, -0.15) is 0 Å². The Labute approximate surface area is 872 Å². The number of benzene rings is 6. The van der Waals surface area contributed by atoms with Crippen molar-refractivity contribution in [2.75, 3.05) is 129 Å². The van der Waals surface area contributed by atoms with E-state index in [4.69, 9.17) is 57.8 Å². The zero-order valence-electron chi connectivity index (χ0n) is 88.2. The quantitative estimate of drug-likeness (QED) is 0.0118. The van der Waals surface area contributed by atoms with Crippen LogP contribution >= 0.6 is 0 Å². The summed E-state index contributed by atoms with van der Waals surface area (Å²) >= 11 is 0. The Balaban J connectivity index is 0.000000204. The van der Waals surface area contributed by atoms with E-state index >= 15 is 17.6 Å². The molecule has 8 aliphatic rings. The van der Waals surface area contributed by atoms with Gasteiger partial charge in [-0.1, -0.05) is 86.9 Å². The molecule has 150 heavy (non-hydrogen) atoms. The van der Waals surface area contributed by atoms with Crippen LogP contribution in [-0.4, -0.2) is 281 Å². The lowest BCUT2D eigenvalue weighted by Crippen LogP contribution is -2.54. The molecule has 0 bridgehead atoms. The highest BCUT2D eigenvalue weighted by atomic mass is 28.3. The number of hydrogen-bond acceptors (Lipinski definition) is 24. The highest BCUT2D eigenvalue weighted by Gasteiger charge is 2.48. The monoisotopic (exact) mass is 2110 g/mol. The fourth-order valence-corrected chi connectivity index (χ4v) is 27.0. The number of aromatic nitrogens is 8. The second-order valence-corrected chi connectivity index (χ2v) is 52.9. The number of rotatable bonds is 30. The maximum atomic E-state index is 16.6. The minimum absolute atomic E-state index is 0.0288. The van der Waals surface area contributed by atoms with Crippen LogP contribution in [0.2, 0.25) is 50.4 Å². The molecule has 8 fully saturated rings. The maximum absolute atomic E-state index is 16.6. The van der Waals surface area contributed by atoms with E-state index in [0.29, 0.717) is 149 Å². The zero-order valence-corrected chi connectivity index (χ0v) is 90.2. The summed E-state index contributed by atoms with van der Waals surface area (Å²) in [6.45, 7) is 20.6. The Kier molecular flexibility index (Phi) is 33.4. The standard InChI is InChI=1S/2C54H70F2N10O8Si/c2*1-31(71-3)46(61-53(69)73-5)51(67)64-21-9-11-44(64)49-57-30-41(60-49)33-13-15-34(16-14-33)42-19-20-43(66(42)36-28-37(55)48(38(56)29-36)63-23-25-75(7,8)26-24-63)35-17-18-39-40(27-35)59-50(58-39)45-12-10-22-65(45)52(68)47(32(2)72-4)62-54(70)74-6/h2*13-18,27-32,42-47H,9-12,19-26H2,1-8H3,(H,57,60)(H,58,59)(H,61,69)(H,62,70)/t31-,32-,42+,43+,44+,45?,46+,47+;31-,32-,42-,43-,44+,45?,46+,47+/m11/s1. The molecule has 804 valence electrons. The second-order valence-electron chi connectivity index (χ2n) is 42.2. The lowest BCUT2D eigenvalue weighted by Gasteiger charge is -2.38. The molecule has 0 saturated carbocycles. The summed E-state index contributed by atoms with van der Waals surface area (Å²) < 4.78 is 107. The molecule has 2 unspecified atom stereocenters. The van der Waals surface area contributed by atoms with Crippen molar-refractivity contribution in [1.82, 2.24) is 80.7 Å². The number of H-pyrrole nitrogens is 4. The fourth-order valence-electron chi connectivity index (χ4n) is 23.0. The van der Waals surface area contributed by atoms with E-state index in [9.17, 15) is 38.4 Å². The van der Waals surface area contributed by atoms with Crippen LogP contribution in [0.3, 0.4) is 0 Å². The SMILES string of the molecule is COC(=O)N[C@H](C(=O)N1CCCC1c1nc2ccc([C@@H]3CC[C@@H](c4ccc(-c5cnc([C@@H]6CCCN6C(=O)[C@@H](NC(=O)OC)[C@@H](C)OC)[nH]5)cc4)N3c3cc(F)c(N4CC[Si](C)(C)CC4)c(F)c3)cc2[nH]1)[C@@H](C)OC.COC(=O)N[C@H](C(=O)N1CCCC1c1nc2ccc([C@H]3CC[C@H](c4ccc(-c5cnc([C@@H]6CCCN6C(=O)[C@@H](NC(=O)OC)[C@@H](C)OC)[nH]5)cc4)N3c3cc(F)c(N4CC[Si](C)(C)CC4)c(F)c3)cc2[nH]1)[C@@H](C)OC. The Bertz CT molecular complexity index is 6080. The highest BCUT2D eigenvalue weighted by Crippen LogP contribution is 2.53. The topological polar surface area (TPSA) is 399 Å². The molecule has 8 aliphatic heterocycles. The van der Waals surface area contributed by atoms with E-state index in [0.717, 1.165) is 106 Å². The molecule has 4 aromatic heterocycles. The number of amides is 8. The van der Waals surface area contributed by atoms with Crippen LogP contribution in [0.5, 0.6) is 0 Å². The Hall–Kier alpha value is -13.2. The van der Waals surface area contributed by atoms with Gasteiger partial charge in [0.1, 0.15) is 58.8 Å². The van der Waals surface area contributed by atoms with E-state index in [1.165, 1.54) is 81.1 Å². The number of anilines is 4. The van der Waals surface area contributed by atoms with Crippen molar-refractivity contribution < 1.29 is 93.8 Å². The predicted molar refractivity (Wildman–Crippen MR) is 564 cm³/mol. The van der Waals surface area contributed by atoms with Crippen LogP contribution in [0.15, 0.2) is 122 Å². The molecule has 0 radical (unpaired) electrons. The first kappa shape index (κ1) is 108. The Morgan fingerprint density at radius 1 is 0.340 bits per heavy atom. The summed E-state index contributed by atoms with van der Waals surface area (Å²) in [6, 6.07) is 31.8. The predicted octanol–water partition coefficient (Wildman–Crippen LogP) is 17.4. The summed E-state index contributed by atoms with van der Waals surface area (Å²) in [5, 5.41) is 10.5. The number of likely N-dealkylation sites (tertiary alicyclic amines) is 4. The number of imidazole rings is 4. The van der Waals surface area contributed by atoms with Gasteiger partial charge in [-0.25, -0.2) is 56.7 Å². The summed E-state index contributed by atoms with van der Waals surface area (Å²) in [7, 11) is 8.10. The average molecular weight is 2110 g/mol. The van der Waals surface area contributed by atoms with Crippen molar-refractivity contribution in [2.24, 2.45) is 0 Å². The second kappa shape index (κ2) is 46.3. The normalized spacial score (nSPS) is 22.3. The van der Waals surface area contributed by atoms with Crippen LogP contribution in [0.25, 0.3) is 44.6 Å². The number of ether oxygens (including phenoxy) is 8. The van der Waals surface area contributed by atoms with Gasteiger partial charge in [0.15, 0.2) is 23.3 Å². The van der Waals surface area contributed by atoms with Crippen molar-refractivity contribution in [1.29, 1.82) is 0 Å². The van der Waals surface area contributed by atoms with Crippen molar-refractivity contribution in [3.05, 3.63) is 190 Å². The van der Waals surface area contributed by atoms with Gasteiger partial charge in [0.05, 0.1) is 163 Å². The molecule has 12 heterocycles. The van der Waals surface area contributed by atoms with Gasteiger partial charge in [0.2, 0.25) is 23.6 Å². The smallest absolute Gasteiger partial charge is 0.407 e. The van der Waals surface area contributed by atoms with Crippen LogP contribution < -0.4 is 40.9 Å². The van der Waals surface area contributed by atoms with Crippen LogP contribution in [-0.2, 0) is 57.1 Å². The van der Waals surface area contributed by atoms with Gasteiger partial charge < -0.3 is 118 Å². The molecule has 8 N–H and O–H groups in total. The lowest BCUT2D eigenvalue weighted by atomic mass is 10.0. The molecule has 18 rings (SSSR count). The molecule has 42 heteroatoms. The maximum Gasteiger partial charge on any atom is 0.407 e. The molecular formula is C108H140F4N20O16Si2. The van der Waals surface area contributed by atoms with E-state index in [-0.39, 0.29) is 83.3 Å². The van der Waals surface area contributed by atoms with Crippen LogP contribution in [0.1, 0.15) is 199 Å². The fraction of sp³-hybridized carbons (Fsp3) is 0.519. The van der Waals surface area contributed by atoms with Crippen molar-refractivity contribution in [3.8, 4) is 22.5 Å². The first-order valence-electron chi connectivity index (χ1n) is 52.1. The van der Waals surface area contributed by atoms with Gasteiger partial charge in [0, 0.05) is 92.2 Å².